The standard InChI is InChI=1S/C14H10OS3/c1-2-4-13-12(3-1)17-14(18-13)9-5-6-11-10(7-9)15-8-16-11/h1-7,14H,8H2. The summed E-state index contributed by atoms with van der Waals surface area (Å²) in [5.74, 6) is 1.80. The molecule has 0 bridgehead atoms. The van der Waals surface area contributed by atoms with E-state index in [1.807, 2.05) is 23.5 Å². The highest BCUT2D eigenvalue weighted by atomic mass is 32.2. The van der Waals surface area contributed by atoms with Gasteiger partial charge in [0.2, 0.25) is 0 Å². The molecule has 2 aliphatic heterocycles. The van der Waals surface area contributed by atoms with Crippen LogP contribution in [-0.2, 0) is 0 Å². The largest absolute Gasteiger partial charge is 0.481 e. The number of benzene rings is 2. The van der Waals surface area contributed by atoms with Gasteiger partial charge in [0, 0.05) is 9.79 Å². The molecule has 0 radical (unpaired) electrons. The number of thioether (sulfide) groups is 3. The minimum atomic E-state index is 0.460. The third kappa shape index (κ3) is 1.83. The fraction of sp³-hybridized carbons (Fsp3) is 0.143. The van der Waals surface area contributed by atoms with Crippen molar-refractivity contribution in [2.24, 2.45) is 0 Å². The molecule has 0 aromatic heterocycles. The van der Waals surface area contributed by atoms with Gasteiger partial charge in [0.1, 0.15) is 11.7 Å². The smallest absolute Gasteiger partial charge is 0.138 e. The van der Waals surface area contributed by atoms with Crippen LogP contribution in [0.2, 0.25) is 0 Å². The van der Waals surface area contributed by atoms with Gasteiger partial charge in [0.15, 0.2) is 0 Å². The van der Waals surface area contributed by atoms with Gasteiger partial charge in [-0.05, 0) is 29.8 Å². The lowest BCUT2D eigenvalue weighted by atomic mass is 10.2. The number of ether oxygens (including phenoxy) is 1. The molecule has 0 unspecified atom stereocenters. The Morgan fingerprint density at radius 1 is 0.944 bits per heavy atom. The fourth-order valence-electron chi connectivity index (χ4n) is 2.10. The number of fused-ring (bicyclic) bond motifs is 2. The molecule has 0 fully saturated rings. The van der Waals surface area contributed by atoms with E-state index in [9.17, 15) is 0 Å². The van der Waals surface area contributed by atoms with Gasteiger partial charge in [-0.2, -0.15) is 0 Å². The van der Waals surface area contributed by atoms with Crippen LogP contribution in [0, 0.1) is 0 Å². The monoisotopic (exact) mass is 290 g/mol. The SMILES string of the molecule is c1ccc2c(c1)SC(c1ccc3c(c1)OCS3)S2. The lowest BCUT2D eigenvalue weighted by molar-refractivity contribution is 0.397. The van der Waals surface area contributed by atoms with E-state index in [4.69, 9.17) is 4.74 Å². The van der Waals surface area contributed by atoms with Crippen molar-refractivity contribution in [3.05, 3.63) is 48.0 Å². The summed E-state index contributed by atoms with van der Waals surface area (Å²) in [6.45, 7) is 0. The Hall–Kier alpha value is -0.710. The van der Waals surface area contributed by atoms with Crippen LogP contribution in [-0.4, -0.2) is 5.94 Å². The Morgan fingerprint density at radius 3 is 2.50 bits per heavy atom. The van der Waals surface area contributed by atoms with E-state index in [-0.39, 0.29) is 0 Å². The first-order valence-corrected chi connectivity index (χ1v) is 8.46. The van der Waals surface area contributed by atoms with Crippen molar-refractivity contribution in [3.8, 4) is 5.75 Å². The van der Waals surface area contributed by atoms with Crippen LogP contribution in [0.4, 0.5) is 0 Å². The quantitative estimate of drug-likeness (QED) is 0.728. The highest BCUT2D eigenvalue weighted by molar-refractivity contribution is 8.18. The molecule has 0 amide bonds. The van der Waals surface area contributed by atoms with Gasteiger partial charge in [-0.3, -0.25) is 0 Å². The first kappa shape index (κ1) is 11.1. The van der Waals surface area contributed by atoms with Gasteiger partial charge in [-0.25, -0.2) is 0 Å². The molecule has 2 aromatic rings. The zero-order chi connectivity index (χ0) is 11.9. The summed E-state index contributed by atoms with van der Waals surface area (Å²) in [5, 5.41) is 0. The summed E-state index contributed by atoms with van der Waals surface area (Å²) >= 11 is 5.64. The summed E-state index contributed by atoms with van der Waals surface area (Å²) in [6.07, 6.45) is 0. The molecule has 1 nitrogen and oxygen atoms in total. The third-order valence-corrected chi connectivity index (χ3v) is 6.77. The molecule has 2 aliphatic rings. The second-order valence-corrected chi connectivity index (χ2v) is 7.68. The molecule has 0 atom stereocenters. The average molecular weight is 290 g/mol. The van der Waals surface area contributed by atoms with Crippen molar-refractivity contribution in [1.82, 2.24) is 0 Å². The summed E-state index contributed by atoms with van der Waals surface area (Å²) in [4.78, 5) is 4.05. The topological polar surface area (TPSA) is 9.23 Å². The molecular formula is C14H10OS3. The molecule has 0 N–H and O–H groups in total. The van der Waals surface area contributed by atoms with Crippen molar-refractivity contribution >= 4 is 35.3 Å². The van der Waals surface area contributed by atoms with Crippen molar-refractivity contribution in [3.63, 3.8) is 0 Å². The Bertz CT molecular complexity index is 587. The minimum absolute atomic E-state index is 0.460. The van der Waals surface area contributed by atoms with Gasteiger partial charge in [0.25, 0.3) is 0 Å². The molecule has 0 spiro atoms. The zero-order valence-electron chi connectivity index (χ0n) is 9.46. The van der Waals surface area contributed by atoms with Gasteiger partial charge in [-0.15, -0.1) is 23.5 Å². The maximum absolute atomic E-state index is 5.62. The van der Waals surface area contributed by atoms with E-state index in [0.29, 0.717) is 4.58 Å². The molecular weight excluding hydrogens is 280 g/mol. The first-order chi connectivity index (χ1) is 8.90. The van der Waals surface area contributed by atoms with E-state index in [2.05, 4.69) is 42.5 Å². The number of hydrogen-bond acceptors (Lipinski definition) is 4. The lowest BCUT2D eigenvalue weighted by Crippen LogP contribution is -1.87. The number of hydrogen-bond donors (Lipinski definition) is 0. The van der Waals surface area contributed by atoms with Crippen LogP contribution in [0.15, 0.2) is 57.2 Å². The highest BCUT2D eigenvalue weighted by Crippen LogP contribution is 2.57. The summed E-state index contributed by atoms with van der Waals surface area (Å²) in [5.41, 5.74) is 1.35. The van der Waals surface area contributed by atoms with Crippen LogP contribution in [0.25, 0.3) is 0 Å². The molecule has 0 saturated heterocycles. The molecule has 90 valence electrons. The van der Waals surface area contributed by atoms with Gasteiger partial charge >= 0.3 is 0 Å². The van der Waals surface area contributed by atoms with Crippen LogP contribution >= 0.6 is 35.3 Å². The average Bonchev–Trinajstić information content (AvgIpc) is 3.04. The predicted molar refractivity (Wildman–Crippen MR) is 78.7 cm³/mol. The molecule has 0 aliphatic carbocycles. The molecule has 2 heterocycles. The summed E-state index contributed by atoms with van der Waals surface area (Å²) in [7, 11) is 0. The van der Waals surface area contributed by atoms with Gasteiger partial charge in [0.05, 0.1) is 9.48 Å². The van der Waals surface area contributed by atoms with E-state index in [0.717, 1.165) is 11.7 Å². The van der Waals surface area contributed by atoms with Crippen LogP contribution < -0.4 is 4.74 Å². The van der Waals surface area contributed by atoms with E-state index < -0.39 is 0 Å². The third-order valence-electron chi connectivity index (χ3n) is 2.99. The molecule has 18 heavy (non-hydrogen) atoms. The lowest BCUT2D eigenvalue weighted by Gasteiger charge is -2.09. The van der Waals surface area contributed by atoms with E-state index in [1.165, 1.54) is 20.2 Å². The second kappa shape index (κ2) is 4.44. The molecule has 0 saturated carbocycles. The normalized spacial score (nSPS) is 17.3. The van der Waals surface area contributed by atoms with Gasteiger partial charge in [-0.1, -0.05) is 30.0 Å². The maximum atomic E-state index is 5.62. The van der Waals surface area contributed by atoms with Crippen molar-refractivity contribution < 1.29 is 4.74 Å². The van der Waals surface area contributed by atoms with Crippen LogP contribution in [0.3, 0.4) is 0 Å². The van der Waals surface area contributed by atoms with Crippen molar-refractivity contribution in [2.75, 3.05) is 5.94 Å². The van der Waals surface area contributed by atoms with Crippen molar-refractivity contribution in [2.45, 2.75) is 19.3 Å². The molecule has 4 rings (SSSR count). The molecule has 2 aromatic carbocycles. The Labute approximate surface area is 119 Å². The second-order valence-electron chi connectivity index (χ2n) is 4.13. The Balaban J connectivity index is 1.66. The summed E-state index contributed by atoms with van der Waals surface area (Å²) < 4.78 is 6.08. The predicted octanol–water partition coefficient (Wildman–Crippen LogP) is 5.03. The van der Waals surface area contributed by atoms with Gasteiger partial charge < -0.3 is 4.74 Å². The van der Waals surface area contributed by atoms with Crippen LogP contribution in [0.5, 0.6) is 5.75 Å². The number of rotatable bonds is 1. The minimum Gasteiger partial charge on any atom is -0.481 e. The maximum Gasteiger partial charge on any atom is 0.138 e. The Morgan fingerprint density at radius 2 is 1.72 bits per heavy atom. The molecule has 4 heteroatoms. The van der Waals surface area contributed by atoms with Crippen molar-refractivity contribution in [1.29, 1.82) is 0 Å². The van der Waals surface area contributed by atoms with Crippen LogP contribution in [0.1, 0.15) is 10.1 Å². The van der Waals surface area contributed by atoms with E-state index >= 15 is 0 Å². The zero-order valence-corrected chi connectivity index (χ0v) is 11.9. The van der Waals surface area contributed by atoms with E-state index in [1.54, 1.807) is 11.8 Å². The Kier molecular flexibility index (Phi) is 2.75. The fourth-order valence-corrected chi connectivity index (χ4v) is 5.65. The first-order valence-electron chi connectivity index (χ1n) is 5.72. The highest BCUT2D eigenvalue weighted by Gasteiger charge is 2.25. The summed E-state index contributed by atoms with van der Waals surface area (Å²) in [6, 6.07) is 15.2.